The maximum Gasteiger partial charge on any atom is 0.0611 e. The lowest BCUT2D eigenvalue weighted by atomic mass is 9.92. The Morgan fingerprint density at radius 3 is 2.30 bits per heavy atom. The van der Waals surface area contributed by atoms with Crippen LogP contribution in [0, 0.1) is 5.92 Å². The Kier molecular flexibility index (Phi) is 7.49. The highest BCUT2D eigenvalue weighted by molar-refractivity contribution is 4.90. The quantitative estimate of drug-likeness (QED) is 0.683. The molecule has 20 heavy (non-hydrogen) atoms. The Balaban J connectivity index is 2.68. The summed E-state index contributed by atoms with van der Waals surface area (Å²) < 4.78 is 0. The molecule has 120 valence electrons. The zero-order chi connectivity index (χ0) is 15.2. The fourth-order valence-electron chi connectivity index (χ4n) is 3.74. The van der Waals surface area contributed by atoms with Crippen LogP contribution in [-0.4, -0.2) is 47.3 Å². The van der Waals surface area contributed by atoms with E-state index in [0.717, 1.165) is 19.0 Å². The lowest BCUT2D eigenvalue weighted by Crippen LogP contribution is -2.52. The second kappa shape index (κ2) is 8.35. The van der Waals surface area contributed by atoms with Gasteiger partial charge in [0.05, 0.1) is 6.61 Å². The lowest BCUT2D eigenvalue weighted by molar-refractivity contribution is 0.0799. The van der Waals surface area contributed by atoms with Crippen molar-refractivity contribution in [2.75, 3.05) is 19.7 Å². The maximum atomic E-state index is 9.71. The average Bonchev–Trinajstić information content (AvgIpc) is 2.89. The van der Waals surface area contributed by atoms with Gasteiger partial charge in [-0.25, -0.2) is 0 Å². The van der Waals surface area contributed by atoms with E-state index >= 15 is 0 Å². The summed E-state index contributed by atoms with van der Waals surface area (Å²) in [6.07, 6.45) is 6.50. The number of hydrogen-bond acceptors (Lipinski definition) is 3. The van der Waals surface area contributed by atoms with Gasteiger partial charge in [0.1, 0.15) is 0 Å². The van der Waals surface area contributed by atoms with Gasteiger partial charge >= 0.3 is 0 Å². The van der Waals surface area contributed by atoms with Gasteiger partial charge in [0, 0.05) is 24.2 Å². The van der Waals surface area contributed by atoms with E-state index in [1.165, 1.54) is 32.2 Å². The van der Waals surface area contributed by atoms with Gasteiger partial charge in [0.25, 0.3) is 0 Å². The van der Waals surface area contributed by atoms with Crippen molar-refractivity contribution in [3.8, 4) is 0 Å². The highest BCUT2D eigenvalue weighted by Gasteiger charge is 2.32. The van der Waals surface area contributed by atoms with Gasteiger partial charge in [-0.3, -0.25) is 4.90 Å². The van der Waals surface area contributed by atoms with Crippen molar-refractivity contribution in [3.05, 3.63) is 0 Å². The number of nitrogens with zero attached hydrogens (tertiary/aromatic N) is 1. The van der Waals surface area contributed by atoms with Crippen molar-refractivity contribution in [1.29, 1.82) is 0 Å². The van der Waals surface area contributed by atoms with E-state index in [1.54, 1.807) is 0 Å². The van der Waals surface area contributed by atoms with Crippen LogP contribution in [0.15, 0.2) is 0 Å². The predicted molar refractivity (Wildman–Crippen MR) is 87.0 cm³/mol. The Morgan fingerprint density at radius 1 is 1.25 bits per heavy atom. The summed E-state index contributed by atoms with van der Waals surface area (Å²) in [6, 6.07) is 1.29. The molecule has 0 amide bonds. The van der Waals surface area contributed by atoms with Crippen LogP contribution in [0.5, 0.6) is 0 Å². The number of nitrogens with one attached hydrogen (secondary N) is 1. The molecule has 0 saturated heterocycles. The molecule has 2 atom stereocenters. The summed E-state index contributed by atoms with van der Waals surface area (Å²) in [5.74, 6) is 0.706. The van der Waals surface area contributed by atoms with Gasteiger partial charge in [0.2, 0.25) is 0 Å². The van der Waals surface area contributed by atoms with E-state index in [-0.39, 0.29) is 12.1 Å². The van der Waals surface area contributed by atoms with Crippen molar-refractivity contribution in [2.24, 2.45) is 5.92 Å². The Labute approximate surface area is 126 Å². The summed E-state index contributed by atoms with van der Waals surface area (Å²) in [5, 5.41) is 13.2. The van der Waals surface area contributed by atoms with Gasteiger partial charge in [-0.15, -0.1) is 0 Å². The van der Waals surface area contributed by atoms with E-state index in [4.69, 9.17) is 0 Å². The number of rotatable bonds is 9. The van der Waals surface area contributed by atoms with Crippen LogP contribution in [0.4, 0.5) is 0 Å². The van der Waals surface area contributed by atoms with Gasteiger partial charge in [-0.1, -0.05) is 33.6 Å². The number of aliphatic hydroxyl groups is 1. The Bertz CT molecular complexity index is 264. The molecule has 3 heteroatoms. The first kappa shape index (κ1) is 17.9. The predicted octanol–water partition coefficient (Wildman–Crippen LogP) is 3.03. The molecule has 1 aliphatic carbocycles. The molecule has 1 saturated carbocycles. The summed E-state index contributed by atoms with van der Waals surface area (Å²) in [5.41, 5.74) is -0.151. The SMILES string of the molecule is CCNC(C)(CO)CC(C)N(CC(C)C)C1CCCC1. The van der Waals surface area contributed by atoms with Crippen LogP contribution in [0.3, 0.4) is 0 Å². The Hall–Kier alpha value is -0.120. The summed E-state index contributed by atoms with van der Waals surface area (Å²) >= 11 is 0. The third kappa shape index (κ3) is 5.34. The third-order valence-electron chi connectivity index (χ3n) is 4.63. The molecule has 0 aliphatic heterocycles. The zero-order valence-electron chi connectivity index (χ0n) is 14.3. The first-order valence-corrected chi connectivity index (χ1v) is 8.53. The van der Waals surface area contributed by atoms with Crippen LogP contribution >= 0.6 is 0 Å². The summed E-state index contributed by atoms with van der Waals surface area (Å²) in [7, 11) is 0. The molecule has 3 nitrogen and oxygen atoms in total. The molecular weight excluding hydrogens is 248 g/mol. The molecule has 1 fully saturated rings. The first-order valence-electron chi connectivity index (χ1n) is 8.53. The van der Waals surface area contributed by atoms with Crippen LogP contribution in [0.25, 0.3) is 0 Å². The van der Waals surface area contributed by atoms with E-state index in [2.05, 4.69) is 44.8 Å². The molecule has 1 rings (SSSR count). The van der Waals surface area contributed by atoms with E-state index in [9.17, 15) is 5.11 Å². The number of aliphatic hydroxyl groups excluding tert-OH is 1. The fourth-order valence-corrected chi connectivity index (χ4v) is 3.74. The molecule has 0 aromatic carbocycles. The minimum Gasteiger partial charge on any atom is -0.394 e. The standard InChI is InChI=1S/C17H36N2O/c1-6-18-17(5,13-20)11-15(4)19(12-14(2)3)16-9-7-8-10-16/h14-16,18,20H,6-13H2,1-5H3. The molecule has 0 heterocycles. The minimum absolute atomic E-state index is 0.151. The van der Waals surface area contributed by atoms with Crippen LogP contribution in [-0.2, 0) is 0 Å². The molecular formula is C17H36N2O. The molecule has 1 aliphatic rings. The van der Waals surface area contributed by atoms with Crippen molar-refractivity contribution < 1.29 is 5.11 Å². The first-order chi connectivity index (χ1) is 9.41. The van der Waals surface area contributed by atoms with Crippen molar-refractivity contribution >= 4 is 0 Å². The van der Waals surface area contributed by atoms with Gasteiger partial charge in [0.15, 0.2) is 0 Å². The topological polar surface area (TPSA) is 35.5 Å². The van der Waals surface area contributed by atoms with E-state index < -0.39 is 0 Å². The second-order valence-corrected chi connectivity index (χ2v) is 7.33. The highest BCUT2D eigenvalue weighted by Crippen LogP contribution is 2.28. The molecule has 0 radical (unpaired) electrons. The van der Waals surface area contributed by atoms with E-state index in [0.29, 0.717) is 12.0 Å². The van der Waals surface area contributed by atoms with Gasteiger partial charge < -0.3 is 10.4 Å². The minimum atomic E-state index is -0.151. The zero-order valence-corrected chi connectivity index (χ0v) is 14.3. The van der Waals surface area contributed by atoms with Crippen LogP contribution < -0.4 is 5.32 Å². The van der Waals surface area contributed by atoms with E-state index in [1.807, 2.05) is 0 Å². The fraction of sp³-hybridized carbons (Fsp3) is 1.00. The molecule has 0 bridgehead atoms. The number of likely N-dealkylation sites (N-methyl/N-ethyl adjacent to an activating group) is 1. The Morgan fingerprint density at radius 2 is 1.85 bits per heavy atom. The van der Waals surface area contributed by atoms with Gasteiger partial charge in [-0.2, -0.15) is 0 Å². The van der Waals surface area contributed by atoms with Crippen molar-refractivity contribution in [3.63, 3.8) is 0 Å². The van der Waals surface area contributed by atoms with Gasteiger partial charge in [-0.05, 0) is 45.6 Å². The molecule has 0 aromatic heterocycles. The highest BCUT2D eigenvalue weighted by atomic mass is 16.3. The monoisotopic (exact) mass is 284 g/mol. The average molecular weight is 284 g/mol. The molecule has 0 aromatic rings. The molecule has 0 spiro atoms. The maximum absolute atomic E-state index is 9.71. The van der Waals surface area contributed by atoms with Crippen LogP contribution in [0.1, 0.15) is 66.7 Å². The molecule has 2 unspecified atom stereocenters. The number of hydrogen-bond donors (Lipinski definition) is 2. The largest absolute Gasteiger partial charge is 0.394 e. The van der Waals surface area contributed by atoms with Crippen molar-refractivity contribution in [2.45, 2.75) is 84.3 Å². The lowest BCUT2D eigenvalue weighted by Gasteiger charge is -2.40. The van der Waals surface area contributed by atoms with Crippen molar-refractivity contribution in [1.82, 2.24) is 10.2 Å². The smallest absolute Gasteiger partial charge is 0.0611 e. The molecule has 2 N–H and O–H groups in total. The summed E-state index contributed by atoms with van der Waals surface area (Å²) in [4.78, 5) is 2.71. The normalized spacial score (nSPS) is 21.6. The second-order valence-electron chi connectivity index (χ2n) is 7.33. The van der Waals surface area contributed by atoms with Crippen LogP contribution in [0.2, 0.25) is 0 Å². The summed E-state index contributed by atoms with van der Waals surface area (Å²) in [6.45, 7) is 13.5. The third-order valence-corrected chi connectivity index (χ3v) is 4.63.